The van der Waals surface area contributed by atoms with Crippen LogP contribution in [-0.4, -0.2) is 33.9 Å². The second-order valence-corrected chi connectivity index (χ2v) is 8.95. The second kappa shape index (κ2) is 10.6. The van der Waals surface area contributed by atoms with Crippen LogP contribution in [0, 0.1) is 5.82 Å². The summed E-state index contributed by atoms with van der Waals surface area (Å²) in [6.45, 7) is 1.47. The summed E-state index contributed by atoms with van der Waals surface area (Å²) < 4.78 is 14.8. The highest BCUT2D eigenvalue weighted by atomic mass is 19.1. The summed E-state index contributed by atoms with van der Waals surface area (Å²) in [5, 5.41) is 8.95. The van der Waals surface area contributed by atoms with Crippen LogP contribution in [0.3, 0.4) is 0 Å². The van der Waals surface area contributed by atoms with Crippen molar-refractivity contribution in [2.24, 2.45) is 11.5 Å². The molecule has 10 heteroatoms. The third-order valence-corrected chi connectivity index (χ3v) is 6.25. The first-order valence-corrected chi connectivity index (χ1v) is 11.7. The van der Waals surface area contributed by atoms with Crippen molar-refractivity contribution in [2.75, 3.05) is 10.6 Å². The number of hydrogen-bond donors (Lipinski definition) is 5. The summed E-state index contributed by atoms with van der Waals surface area (Å²) in [4.78, 5) is 31.9. The molecule has 0 radical (unpaired) electrons. The van der Waals surface area contributed by atoms with Gasteiger partial charge >= 0.3 is 0 Å². The van der Waals surface area contributed by atoms with Gasteiger partial charge in [0, 0.05) is 36.8 Å². The average molecular weight is 480 g/mol. The Balaban J connectivity index is 1.55. The fourth-order valence-corrected chi connectivity index (χ4v) is 4.42. The molecule has 2 unspecified atom stereocenters. The minimum atomic E-state index is -0.796. The molecule has 1 saturated carbocycles. The number of anilines is 3. The summed E-state index contributed by atoms with van der Waals surface area (Å²) in [7, 11) is 0. The number of carbonyl (C=O) groups is 2. The Hall–Kier alpha value is -3.79. The normalized spacial score (nSPS) is 21.7. The van der Waals surface area contributed by atoms with Crippen molar-refractivity contribution in [2.45, 2.75) is 57.0 Å². The monoisotopic (exact) mass is 479 g/mol. The van der Waals surface area contributed by atoms with Crippen molar-refractivity contribution in [1.82, 2.24) is 15.3 Å². The van der Waals surface area contributed by atoms with Crippen LogP contribution in [0.4, 0.5) is 21.7 Å². The van der Waals surface area contributed by atoms with E-state index in [2.05, 4.69) is 25.9 Å². The highest BCUT2D eigenvalue weighted by Crippen LogP contribution is 2.30. The Morgan fingerprint density at radius 1 is 1.14 bits per heavy atom. The standard InChI is InChI=1S/C25H30FN7O2/c1-14(34)30-17-8-6-15(7-9-17)16-10-18(13-29-12-16)31-24-19(23(28)35)11-20(26)25(33-24)32-22-5-3-2-4-21(22)27/h6,8-13,15,21-22H,2-5,7,27H2,1H3,(H2,28,35)(H,30,34)(H2,31,32,33)/t15?,21?,22-/m1/s1. The molecular weight excluding hydrogens is 449 g/mol. The third kappa shape index (κ3) is 6.02. The smallest absolute Gasteiger partial charge is 0.252 e. The van der Waals surface area contributed by atoms with Gasteiger partial charge in [0.2, 0.25) is 5.91 Å². The number of carbonyl (C=O) groups excluding carboxylic acids is 2. The summed E-state index contributed by atoms with van der Waals surface area (Å²) in [6, 6.07) is 2.78. The van der Waals surface area contributed by atoms with E-state index in [1.165, 1.54) is 6.92 Å². The van der Waals surface area contributed by atoms with Gasteiger partial charge < -0.3 is 27.4 Å². The highest BCUT2D eigenvalue weighted by molar-refractivity contribution is 5.98. The van der Waals surface area contributed by atoms with E-state index in [4.69, 9.17) is 11.5 Å². The second-order valence-electron chi connectivity index (χ2n) is 8.95. The van der Waals surface area contributed by atoms with Crippen molar-refractivity contribution in [3.8, 4) is 0 Å². The van der Waals surface area contributed by atoms with Gasteiger partial charge in [0.25, 0.3) is 5.91 Å². The van der Waals surface area contributed by atoms with Crippen LogP contribution < -0.4 is 27.4 Å². The van der Waals surface area contributed by atoms with Crippen LogP contribution in [0.2, 0.25) is 0 Å². The molecule has 0 saturated heterocycles. The zero-order valence-electron chi connectivity index (χ0n) is 19.6. The van der Waals surface area contributed by atoms with Crippen molar-refractivity contribution in [3.05, 3.63) is 65.4 Å². The van der Waals surface area contributed by atoms with Crippen LogP contribution in [0.25, 0.3) is 0 Å². The molecule has 2 amide bonds. The van der Waals surface area contributed by atoms with Crippen LogP contribution in [0.5, 0.6) is 0 Å². The number of nitrogens with zero attached hydrogens (tertiary/aromatic N) is 2. The highest BCUT2D eigenvalue weighted by Gasteiger charge is 2.24. The lowest BCUT2D eigenvalue weighted by Crippen LogP contribution is -2.43. The fourth-order valence-electron chi connectivity index (χ4n) is 4.42. The van der Waals surface area contributed by atoms with Crippen LogP contribution in [-0.2, 0) is 4.79 Å². The van der Waals surface area contributed by atoms with Crippen LogP contribution in [0.15, 0.2) is 48.5 Å². The number of halogens is 1. The Labute approximate surface area is 203 Å². The van der Waals surface area contributed by atoms with E-state index in [-0.39, 0.29) is 41.1 Å². The zero-order valence-corrected chi connectivity index (χ0v) is 19.6. The average Bonchev–Trinajstić information content (AvgIpc) is 2.82. The van der Waals surface area contributed by atoms with E-state index >= 15 is 0 Å². The SMILES string of the molecule is CC(=O)NC1=CCC(c2cncc(Nc3nc(N[C@@H]4CCCCC4N)c(F)cc3C(N)=O)c2)C=C1. The minimum absolute atomic E-state index is 0.0230. The van der Waals surface area contributed by atoms with Crippen molar-refractivity contribution in [1.29, 1.82) is 0 Å². The Bertz CT molecular complexity index is 1180. The number of nitrogens with one attached hydrogen (secondary N) is 3. The van der Waals surface area contributed by atoms with E-state index < -0.39 is 11.7 Å². The van der Waals surface area contributed by atoms with E-state index in [9.17, 15) is 14.0 Å². The number of aromatic nitrogens is 2. The molecule has 2 aromatic rings. The first kappa shape index (κ1) is 24.3. The first-order valence-electron chi connectivity index (χ1n) is 11.7. The van der Waals surface area contributed by atoms with Gasteiger partial charge in [-0.2, -0.15) is 0 Å². The molecule has 184 valence electrons. The molecule has 2 aliphatic rings. The van der Waals surface area contributed by atoms with Crippen molar-refractivity contribution >= 4 is 29.1 Å². The molecule has 0 bridgehead atoms. The summed E-state index contributed by atoms with van der Waals surface area (Å²) >= 11 is 0. The van der Waals surface area contributed by atoms with Gasteiger partial charge in [-0.3, -0.25) is 14.6 Å². The third-order valence-electron chi connectivity index (χ3n) is 6.25. The molecule has 0 spiro atoms. The Morgan fingerprint density at radius 3 is 2.63 bits per heavy atom. The van der Waals surface area contributed by atoms with Crippen molar-refractivity contribution < 1.29 is 14.0 Å². The maximum atomic E-state index is 14.8. The number of hydrogen-bond acceptors (Lipinski definition) is 7. The van der Waals surface area contributed by atoms with E-state index in [1.54, 1.807) is 12.4 Å². The summed E-state index contributed by atoms with van der Waals surface area (Å²) in [6.07, 6.45) is 13.6. The largest absolute Gasteiger partial charge is 0.365 e. The molecule has 9 nitrogen and oxygen atoms in total. The zero-order chi connectivity index (χ0) is 24.9. The number of pyridine rings is 2. The van der Waals surface area contributed by atoms with Crippen LogP contribution in [0.1, 0.15) is 60.9 Å². The molecule has 0 aliphatic heterocycles. The molecule has 3 atom stereocenters. The van der Waals surface area contributed by atoms with Gasteiger partial charge in [0.1, 0.15) is 5.82 Å². The lowest BCUT2D eigenvalue weighted by molar-refractivity contribution is -0.118. The van der Waals surface area contributed by atoms with Crippen molar-refractivity contribution in [3.63, 3.8) is 0 Å². The fraction of sp³-hybridized carbons (Fsp3) is 0.360. The molecule has 35 heavy (non-hydrogen) atoms. The molecule has 2 aliphatic carbocycles. The maximum absolute atomic E-state index is 14.8. The lowest BCUT2D eigenvalue weighted by Gasteiger charge is -2.30. The molecule has 7 N–H and O–H groups in total. The Morgan fingerprint density at radius 2 is 1.94 bits per heavy atom. The molecule has 2 aromatic heterocycles. The maximum Gasteiger partial charge on any atom is 0.252 e. The molecule has 2 heterocycles. The number of amides is 2. The number of rotatable bonds is 7. The summed E-state index contributed by atoms with van der Waals surface area (Å²) in [5.41, 5.74) is 13.9. The predicted octanol–water partition coefficient (Wildman–Crippen LogP) is 3.20. The topological polar surface area (TPSA) is 148 Å². The van der Waals surface area contributed by atoms with Gasteiger partial charge in [-0.15, -0.1) is 0 Å². The lowest BCUT2D eigenvalue weighted by atomic mass is 9.91. The minimum Gasteiger partial charge on any atom is -0.365 e. The summed E-state index contributed by atoms with van der Waals surface area (Å²) in [5.74, 6) is -1.36. The van der Waals surface area contributed by atoms with Gasteiger partial charge in [-0.05, 0) is 43.0 Å². The van der Waals surface area contributed by atoms with Gasteiger partial charge in [-0.25, -0.2) is 9.37 Å². The predicted molar refractivity (Wildman–Crippen MR) is 132 cm³/mol. The van der Waals surface area contributed by atoms with Gasteiger partial charge in [0.15, 0.2) is 11.6 Å². The van der Waals surface area contributed by atoms with Crippen LogP contribution >= 0.6 is 0 Å². The number of nitrogens with two attached hydrogens (primary N) is 2. The molecule has 1 fully saturated rings. The Kier molecular flexibility index (Phi) is 7.40. The number of primary amides is 1. The molecule has 4 rings (SSSR count). The van der Waals surface area contributed by atoms with E-state index in [1.807, 2.05) is 24.3 Å². The molecule has 0 aromatic carbocycles. The van der Waals surface area contributed by atoms with Gasteiger partial charge in [-0.1, -0.05) is 25.0 Å². The van der Waals surface area contributed by atoms with E-state index in [0.29, 0.717) is 12.1 Å². The van der Waals surface area contributed by atoms with Gasteiger partial charge in [0.05, 0.1) is 17.4 Å². The molecular formula is C25H30FN7O2. The quantitative estimate of drug-likeness (QED) is 0.409. The first-order chi connectivity index (χ1) is 16.8. The number of allylic oxidation sites excluding steroid dienone is 3. The van der Waals surface area contributed by atoms with E-state index in [0.717, 1.165) is 43.0 Å².